The molecule has 0 spiro atoms. The Morgan fingerprint density at radius 3 is 2.43 bits per heavy atom. The first kappa shape index (κ1) is 18.0. The van der Waals surface area contributed by atoms with Gasteiger partial charge in [0.2, 0.25) is 0 Å². The van der Waals surface area contributed by atoms with E-state index in [1.165, 1.54) is 6.07 Å². The number of alkyl halides is 3. The first-order valence-electron chi connectivity index (χ1n) is 7.39. The molecule has 0 aliphatic rings. The quantitative estimate of drug-likeness (QED) is 0.715. The summed E-state index contributed by atoms with van der Waals surface area (Å²) in [6, 6.07) is 3.83. The molecule has 0 aromatic heterocycles. The lowest BCUT2D eigenvalue weighted by atomic mass is 9.99. The lowest BCUT2D eigenvalue weighted by Gasteiger charge is -2.22. The summed E-state index contributed by atoms with van der Waals surface area (Å²) in [6.07, 6.45) is -2.41. The molecule has 5 heteroatoms. The second kappa shape index (κ2) is 8.39. The van der Waals surface area contributed by atoms with Crippen LogP contribution in [0.2, 0.25) is 0 Å². The van der Waals surface area contributed by atoms with Crippen molar-refractivity contribution in [1.29, 1.82) is 0 Å². The number of hydrogen-bond acceptors (Lipinski definition) is 2. The van der Waals surface area contributed by atoms with Gasteiger partial charge in [0.1, 0.15) is 0 Å². The van der Waals surface area contributed by atoms with Gasteiger partial charge in [0, 0.05) is 6.61 Å². The van der Waals surface area contributed by atoms with Crippen molar-refractivity contribution >= 4 is 0 Å². The highest BCUT2D eigenvalue weighted by Crippen LogP contribution is 2.31. The maximum Gasteiger partial charge on any atom is 0.416 e. The highest BCUT2D eigenvalue weighted by molar-refractivity contribution is 5.34. The van der Waals surface area contributed by atoms with Crippen LogP contribution in [0.1, 0.15) is 49.4 Å². The van der Waals surface area contributed by atoms with E-state index in [4.69, 9.17) is 4.74 Å². The van der Waals surface area contributed by atoms with Crippen molar-refractivity contribution in [2.75, 3.05) is 19.8 Å². The summed E-state index contributed by atoms with van der Waals surface area (Å²) in [4.78, 5) is 0. The summed E-state index contributed by atoms with van der Waals surface area (Å²) in [5.74, 6) is 0. The summed E-state index contributed by atoms with van der Waals surface area (Å²) in [5.41, 5.74) is 0.901. The van der Waals surface area contributed by atoms with E-state index in [-0.39, 0.29) is 6.04 Å². The van der Waals surface area contributed by atoms with Gasteiger partial charge >= 0.3 is 6.18 Å². The van der Waals surface area contributed by atoms with E-state index >= 15 is 0 Å². The van der Waals surface area contributed by atoms with Crippen LogP contribution in [-0.2, 0) is 10.9 Å². The Labute approximate surface area is 124 Å². The second-order valence-electron chi connectivity index (χ2n) is 5.15. The van der Waals surface area contributed by atoms with Gasteiger partial charge in [0.15, 0.2) is 0 Å². The van der Waals surface area contributed by atoms with E-state index in [0.29, 0.717) is 18.8 Å². The molecule has 0 amide bonds. The molecule has 1 aromatic carbocycles. The van der Waals surface area contributed by atoms with E-state index in [1.807, 2.05) is 6.92 Å². The van der Waals surface area contributed by atoms with Gasteiger partial charge < -0.3 is 10.1 Å². The highest BCUT2D eigenvalue weighted by Gasteiger charge is 2.31. The van der Waals surface area contributed by atoms with E-state index in [2.05, 4.69) is 12.2 Å². The molecule has 0 saturated heterocycles. The van der Waals surface area contributed by atoms with Crippen LogP contribution >= 0.6 is 0 Å². The monoisotopic (exact) mass is 303 g/mol. The predicted octanol–water partition coefficient (Wildman–Crippen LogP) is 4.48. The van der Waals surface area contributed by atoms with Crippen LogP contribution in [0.4, 0.5) is 13.2 Å². The van der Waals surface area contributed by atoms with Crippen LogP contribution in [0.5, 0.6) is 0 Å². The van der Waals surface area contributed by atoms with Gasteiger partial charge in [-0.2, -0.15) is 13.2 Å². The van der Waals surface area contributed by atoms with Gasteiger partial charge in [0.05, 0.1) is 18.2 Å². The molecular weight excluding hydrogens is 279 g/mol. The number of halogens is 3. The molecule has 0 aliphatic heterocycles. The topological polar surface area (TPSA) is 21.3 Å². The molecule has 2 nitrogen and oxygen atoms in total. The van der Waals surface area contributed by atoms with Crippen LogP contribution in [0.3, 0.4) is 0 Å². The molecule has 1 aromatic rings. The van der Waals surface area contributed by atoms with E-state index in [0.717, 1.165) is 31.0 Å². The van der Waals surface area contributed by atoms with Crippen LogP contribution in [0.25, 0.3) is 0 Å². The average Bonchev–Trinajstić information content (AvgIpc) is 2.42. The van der Waals surface area contributed by atoms with Crippen molar-refractivity contribution in [3.63, 3.8) is 0 Å². The fourth-order valence-electron chi connectivity index (χ4n) is 2.17. The van der Waals surface area contributed by atoms with Crippen LogP contribution in [0.15, 0.2) is 18.2 Å². The maximum atomic E-state index is 12.7. The molecule has 120 valence electrons. The fraction of sp³-hybridized carbons (Fsp3) is 0.625. The summed E-state index contributed by atoms with van der Waals surface area (Å²) < 4.78 is 43.7. The minimum Gasteiger partial charge on any atom is -0.379 e. The molecule has 0 radical (unpaired) electrons. The van der Waals surface area contributed by atoms with Gasteiger partial charge in [0.25, 0.3) is 0 Å². The zero-order chi connectivity index (χ0) is 15.9. The van der Waals surface area contributed by atoms with E-state index in [9.17, 15) is 13.2 Å². The SMILES string of the molecule is CCCNC(COCCC)c1ccc(C(F)(F)F)cc1C. The summed E-state index contributed by atoms with van der Waals surface area (Å²) in [6.45, 7) is 7.73. The van der Waals surface area contributed by atoms with Crippen molar-refractivity contribution in [1.82, 2.24) is 5.32 Å². The van der Waals surface area contributed by atoms with Crippen molar-refractivity contribution < 1.29 is 17.9 Å². The number of rotatable bonds is 8. The number of aryl methyl sites for hydroxylation is 1. The summed E-state index contributed by atoms with van der Waals surface area (Å²) in [7, 11) is 0. The fourth-order valence-corrected chi connectivity index (χ4v) is 2.17. The average molecular weight is 303 g/mol. The Morgan fingerprint density at radius 2 is 1.90 bits per heavy atom. The van der Waals surface area contributed by atoms with Gasteiger partial charge in [-0.15, -0.1) is 0 Å². The largest absolute Gasteiger partial charge is 0.416 e. The molecule has 1 unspecified atom stereocenters. The first-order valence-corrected chi connectivity index (χ1v) is 7.39. The Hall–Kier alpha value is -1.07. The molecule has 1 N–H and O–H groups in total. The van der Waals surface area contributed by atoms with Gasteiger partial charge in [-0.25, -0.2) is 0 Å². The summed E-state index contributed by atoms with van der Waals surface area (Å²) in [5, 5.41) is 3.34. The number of nitrogens with one attached hydrogen (secondary N) is 1. The maximum absolute atomic E-state index is 12.7. The smallest absolute Gasteiger partial charge is 0.379 e. The van der Waals surface area contributed by atoms with Crippen molar-refractivity contribution in [3.8, 4) is 0 Å². The van der Waals surface area contributed by atoms with Crippen LogP contribution < -0.4 is 5.32 Å². The normalized spacial score (nSPS) is 13.4. The van der Waals surface area contributed by atoms with Crippen molar-refractivity contribution in [3.05, 3.63) is 34.9 Å². The zero-order valence-corrected chi connectivity index (χ0v) is 12.9. The number of benzene rings is 1. The minimum absolute atomic E-state index is 0.0706. The molecule has 1 atom stereocenters. The van der Waals surface area contributed by atoms with Crippen LogP contribution in [-0.4, -0.2) is 19.8 Å². The van der Waals surface area contributed by atoms with Crippen molar-refractivity contribution in [2.24, 2.45) is 0 Å². The number of ether oxygens (including phenoxy) is 1. The van der Waals surface area contributed by atoms with Crippen LogP contribution in [0, 0.1) is 6.92 Å². The Morgan fingerprint density at radius 1 is 1.19 bits per heavy atom. The molecule has 0 bridgehead atoms. The van der Waals surface area contributed by atoms with Crippen molar-refractivity contribution in [2.45, 2.75) is 45.8 Å². The third-order valence-corrected chi connectivity index (χ3v) is 3.25. The molecule has 0 fully saturated rings. The predicted molar refractivity (Wildman–Crippen MR) is 78.3 cm³/mol. The van der Waals surface area contributed by atoms with Gasteiger partial charge in [-0.05, 0) is 49.6 Å². The second-order valence-corrected chi connectivity index (χ2v) is 5.15. The molecule has 0 saturated carbocycles. The Kier molecular flexibility index (Phi) is 7.18. The Balaban J connectivity index is 2.90. The third-order valence-electron chi connectivity index (χ3n) is 3.25. The first-order chi connectivity index (χ1) is 9.90. The minimum atomic E-state index is -4.30. The molecule has 21 heavy (non-hydrogen) atoms. The lowest BCUT2D eigenvalue weighted by molar-refractivity contribution is -0.137. The molecule has 0 heterocycles. The zero-order valence-electron chi connectivity index (χ0n) is 12.9. The summed E-state index contributed by atoms with van der Waals surface area (Å²) >= 11 is 0. The highest BCUT2D eigenvalue weighted by atomic mass is 19.4. The standard InChI is InChI=1S/C16H24F3NO/c1-4-8-20-15(11-21-9-5-2)14-7-6-13(10-12(14)3)16(17,18)19/h6-7,10,15,20H,4-5,8-9,11H2,1-3H3. The molecular formula is C16H24F3NO. The number of hydrogen-bond donors (Lipinski definition) is 1. The lowest BCUT2D eigenvalue weighted by Crippen LogP contribution is -2.27. The van der Waals surface area contributed by atoms with Gasteiger partial charge in [-0.3, -0.25) is 0 Å². The molecule has 1 rings (SSSR count). The Bertz CT molecular complexity index is 432. The molecule has 0 aliphatic carbocycles. The van der Waals surface area contributed by atoms with Gasteiger partial charge in [-0.1, -0.05) is 19.9 Å². The van der Waals surface area contributed by atoms with E-state index in [1.54, 1.807) is 13.0 Å². The van der Waals surface area contributed by atoms with E-state index < -0.39 is 11.7 Å². The third kappa shape index (κ3) is 5.67.